The fraction of sp³-hybridized carbons (Fsp3) is 0.353. The highest BCUT2D eigenvalue weighted by molar-refractivity contribution is 6.55. The van der Waals surface area contributed by atoms with Gasteiger partial charge < -0.3 is 5.11 Å². The summed E-state index contributed by atoms with van der Waals surface area (Å²) in [6.45, 7) is 4.08. The third-order valence-corrected chi connectivity index (χ3v) is 4.94. The summed E-state index contributed by atoms with van der Waals surface area (Å²) < 4.78 is 0.200. The summed E-state index contributed by atoms with van der Waals surface area (Å²) in [7, 11) is 0. The van der Waals surface area contributed by atoms with E-state index in [4.69, 9.17) is 23.2 Å². The Morgan fingerprint density at radius 1 is 1.33 bits per heavy atom. The molecule has 2 aliphatic carbocycles. The van der Waals surface area contributed by atoms with Crippen LogP contribution in [0.3, 0.4) is 0 Å². The van der Waals surface area contributed by atoms with Crippen LogP contribution in [0.5, 0.6) is 0 Å². The molecule has 0 bridgehead atoms. The third-order valence-electron chi connectivity index (χ3n) is 4.68. The third kappa shape index (κ3) is 2.31. The maximum absolute atomic E-state index is 12.3. The minimum Gasteiger partial charge on any atom is -0.511 e. The number of ketones is 1. The Labute approximate surface area is 134 Å². The zero-order valence-electron chi connectivity index (χ0n) is 11.9. The zero-order valence-corrected chi connectivity index (χ0v) is 13.4. The molecular formula is C17H16Cl2O2. The lowest BCUT2D eigenvalue weighted by molar-refractivity contribution is -0.112. The number of aliphatic hydroxyl groups is 1. The van der Waals surface area contributed by atoms with Gasteiger partial charge in [-0.25, -0.2) is 0 Å². The Morgan fingerprint density at radius 2 is 2.00 bits per heavy atom. The first kappa shape index (κ1) is 14.7. The van der Waals surface area contributed by atoms with Gasteiger partial charge in [0.15, 0.2) is 5.78 Å². The van der Waals surface area contributed by atoms with E-state index in [0.717, 1.165) is 11.1 Å². The number of carbonyl (C=O) groups excluding carboxylic acids is 1. The van der Waals surface area contributed by atoms with E-state index in [0.29, 0.717) is 12.0 Å². The molecule has 2 unspecified atom stereocenters. The SMILES string of the molecule is CC1(C)C(C=C(Cl)Cl)C1/C(O)=C1\C(=O)Cc2ccccc21. The first-order valence-electron chi connectivity index (χ1n) is 6.91. The molecule has 0 aliphatic heterocycles. The molecular weight excluding hydrogens is 307 g/mol. The molecule has 1 aromatic rings. The van der Waals surface area contributed by atoms with E-state index in [1.54, 1.807) is 6.08 Å². The van der Waals surface area contributed by atoms with Crippen molar-refractivity contribution in [3.8, 4) is 0 Å². The van der Waals surface area contributed by atoms with Gasteiger partial charge in [-0.2, -0.15) is 0 Å². The highest BCUT2D eigenvalue weighted by Gasteiger charge is 2.59. The van der Waals surface area contributed by atoms with Crippen molar-refractivity contribution in [1.82, 2.24) is 0 Å². The normalized spacial score (nSPS) is 28.1. The van der Waals surface area contributed by atoms with Crippen LogP contribution in [0, 0.1) is 17.3 Å². The molecule has 110 valence electrons. The summed E-state index contributed by atoms with van der Waals surface area (Å²) in [4.78, 5) is 12.3. The van der Waals surface area contributed by atoms with Crippen molar-refractivity contribution < 1.29 is 9.90 Å². The predicted molar refractivity (Wildman–Crippen MR) is 85.3 cm³/mol. The summed E-state index contributed by atoms with van der Waals surface area (Å²) in [5.41, 5.74) is 2.14. The fourth-order valence-electron chi connectivity index (χ4n) is 3.41. The average Bonchev–Trinajstić information content (AvgIpc) is 2.77. The Balaban J connectivity index is 2.04. The van der Waals surface area contributed by atoms with Crippen LogP contribution in [0.25, 0.3) is 5.57 Å². The molecule has 0 saturated heterocycles. The van der Waals surface area contributed by atoms with E-state index in [9.17, 15) is 9.90 Å². The standard InChI is InChI=1S/C17H16Cl2O2/c1-17(2)11(8-13(18)19)15(17)16(21)14-10-6-4-3-5-9(10)7-12(14)20/h3-6,8,11,15,21H,7H2,1-2H3/b16-14+. The molecule has 0 aromatic heterocycles. The van der Waals surface area contributed by atoms with Crippen molar-refractivity contribution in [2.24, 2.45) is 17.3 Å². The molecule has 2 aliphatic rings. The molecule has 1 fully saturated rings. The van der Waals surface area contributed by atoms with Gasteiger partial charge in [0.2, 0.25) is 0 Å². The van der Waals surface area contributed by atoms with Crippen LogP contribution in [0.15, 0.2) is 40.6 Å². The minimum atomic E-state index is -0.149. The van der Waals surface area contributed by atoms with Gasteiger partial charge in [0, 0.05) is 12.3 Å². The first-order valence-corrected chi connectivity index (χ1v) is 7.67. The van der Waals surface area contributed by atoms with Crippen molar-refractivity contribution in [1.29, 1.82) is 0 Å². The quantitative estimate of drug-likeness (QED) is 0.634. The number of allylic oxidation sites excluding steroid dienone is 3. The average molecular weight is 323 g/mol. The van der Waals surface area contributed by atoms with Gasteiger partial charge in [0.05, 0.1) is 5.57 Å². The van der Waals surface area contributed by atoms with Crippen LogP contribution in [0.2, 0.25) is 0 Å². The largest absolute Gasteiger partial charge is 0.511 e. The van der Waals surface area contributed by atoms with Crippen molar-refractivity contribution in [2.45, 2.75) is 20.3 Å². The number of rotatable bonds is 2. The summed E-state index contributed by atoms with van der Waals surface area (Å²) in [6.07, 6.45) is 2.11. The van der Waals surface area contributed by atoms with E-state index in [1.807, 2.05) is 38.1 Å². The summed E-state index contributed by atoms with van der Waals surface area (Å²) >= 11 is 11.5. The predicted octanol–water partition coefficient (Wildman–Crippen LogP) is 4.67. The van der Waals surface area contributed by atoms with Crippen LogP contribution in [0.1, 0.15) is 25.0 Å². The minimum absolute atomic E-state index is 0.0175. The lowest BCUT2D eigenvalue weighted by Crippen LogP contribution is -2.03. The number of fused-ring (bicyclic) bond motifs is 1. The highest BCUT2D eigenvalue weighted by atomic mass is 35.5. The van der Waals surface area contributed by atoms with Crippen molar-refractivity contribution >= 4 is 34.6 Å². The smallest absolute Gasteiger partial charge is 0.171 e. The number of hydrogen-bond donors (Lipinski definition) is 1. The van der Waals surface area contributed by atoms with Crippen LogP contribution < -0.4 is 0 Å². The van der Waals surface area contributed by atoms with E-state index in [1.165, 1.54) is 0 Å². The van der Waals surface area contributed by atoms with Gasteiger partial charge in [-0.1, -0.05) is 61.3 Å². The second-order valence-electron chi connectivity index (χ2n) is 6.30. The second-order valence-corrected chi connectivity index (χ2v) is 7.31. The zero-order chi connectivity index (χ0) is 15.4. The van der Waals surface area contributed by atoms with Gasteiger partial charge in [-0.15, -0.1) is 0 Å². The van der Waals surface area contributed by atoms with E-state index < -0.39 is 0 Å². The molecule has 0 radical (unpaired) electrons. The number of Topliss-reactive ketones (excluding diaryl/α,β-unsaturated/α-hetero) is 1. The van der Waals surface area contributed by atoms with Crippen LogP contribution >= 0.6 is 23.2 Å². The maximum atomic E-state index is 12.3. The fourth-order valence-corrected chi connectivity index (χ4v) is 3.68. The van der Waals surface area contributed by atoms with E-state index in [-0.39, 0.29) is 33.3 Å². The topological polar surface area (TPSA) is 37.3 Å². The monoisotopic (exact) mass is 322 g/mol. The van der Waals surface area contributed by atoms with E-state index in [2.05, 4.69) is 0 Å². The van der Waals surface area contributed by atoms with Crippen LogP contribution in [0.4, 0.5) is 0 Å². The Kier molecular flexibility index (Phi) is 3.42. The van der Waals surface area contributed by atoms with Crippen molar-refractivity contribution in [3.05, 3.63) is 51.7 Å². The molecule has 21 heavy (non-hydrogen) atoms. The molecule has 2 nitrogen and oxygen atoms in total. The molecule has 0 spiro atoms. The Morgan fingerprint density at radius 3 is 2.67 bits per heavy atom. The van der Waals surface area contributed by atoms with Gasteiger partial charge in [-0.05, 0) is 28.5 Å². The molecule has 4 heteroatoms. The summed E-state index contributed by atoms with van der Waals surface area (Å²) in [6, 6.07) is 7.61. The lowest BCUT2D eigenvalue weighted by atomic mass is 10.0. The van der Waals surface area contributed by atoms with Gasteiger partial charge in [0.1, 0.15) is 10.3 Å². The number of halogens is 2. The maximum Gasteiger partial charge on any atom is 0.171 e. The number of carbonyl (C=O) groups is 1. The van der Waals surface area contributed by atoms with Gasteiger partial charge >= 0.3 is 0 Å². The first-order chi connectivity index (χ1) is 9.84. The summed E-state index contributed by atoms with van der Waals surface area (Å²) in [5.74, 6) is 0.0903. The Hall–Kier alpha value is -1.25. The Bertz CT molecular complexity index is 682. The molecule has 0 amide bonds. The highest BCUT2D eigenvalue weighted by Crippen LogP contribution is 2.63. The van der Waals surface area contributed by atoms with Crippen LogP contribution in [-0.4, -0.2) is 10.9 Å². The molecule has 0 heterocycles. The lowest BCUT2D eigenvalue weighted by Gasteiger charge is -2.06. The van der Waals surface area contributed by atoms with Gasteiger partial charge in [-0.3, -0.25) is 4.79 Å². The number of benzene rings is 1. The molecule has 1 saturated carbocycles. The number of hydrogen-bond acceptors (Lipinski definition) is 2. The summed E-state index contributed by atoms with van der Waals surface area (Å²) in [5, 5.41) is 10.7. The molecule has 1 aromatic carbocycles. The molecule has 2 atom stereocenters. The van der Waals surface area contributed by atoms with Crippen molar-refractivity contribution in [3.63, 3.8) is 0 Å². The van der Waals surface area contributed by atoms with Crippen molar-refractivity contribution in [2.75, 3.05) is 0 Å². The molecule has 1 N–H and O–H groups in total. The molecule has 3 rings (SSSR count). The van der Waals surface area contributed by atoms with E-state index >= 15 is 0 Å². The van der Waals surface area contributed by atoms with Crippen LogP contribution in [-0.2, 0) is 11.2 Å². The van der Waals surface area contributed by atoms with Gasteiger partial charge in [0.25, 0.3) is 0 Å². The second kappa shape index (κ2) is 4.89. The number of aliphatic hydroxyl groups excluding tert-OH is 1.